The third kappa shape index (κ3) is 31.4. The van der Waals surface area contributed by atoms with E-state index in [1.165, 1.54) is 154 Å². The normalized spacial score (nSPS) is 11.3. The number of aliphatic carboxylic acids is 1. The van der Waals surface area contributed by atoms with E-state index in [2.05, 4.69) is 0 Å². The number of hydrogen-bond acceptors (Lipinski definition) is 3. The Hall–Kier alpha value is -0.570. The number of carbonyl (C=O) groups is 1. The first kappa shape index (κ1) is 32.4. The van der Waals surface area contributed by atoms with Gasteiger partial charge in [0.25, 0.3) is 0 Å². The summed E-state index contributed by atoms with van der Waals surface area (Å²) in [6.07, 6.45) is 36.3. The summed E-state index contributed by atoms with van der Waals surface area (Å²) in [6.45, 7) is 0.363. The third-order valence-electron chi connectivity index (χ3n) is 7.04. The number of aliphatic hydroxyl groups excluding tert-OH is 1. The molecule has 0 amide bonds. The van der Waals surface area contributed by atoms with Crippen LogP contribution in [0.5, 0.6) is 0 Å². The Morgan fingerprint density at radius 1 is 0.364 bits per heavy atom. The number of carboxylic acids is 1. The van der Waals surface area contributed by atoms with E-state index >= 15 is 0 Å². The minimum absolute atomic E-state index is 0.231. The predicted octanol–water partition coefficient (Wildman–Crippen LogP) is 8.65. The zero-order valence-corrected chi connectivity index (χ0v) is 22.3. The van der Waals surface area contributed by atoms with Gasteiger partial charge in [0.1, 0.15) is 0 Å². The van der Waals surface area contributed by atoms with Gasteiger partial charge in [0.2, 0.25) is 0 Å². The van der Waals surface area contributed by atoms with Crippen molar-refractivity contribution in [3.05, 3.63) is 0 Å². The molecule has 1 N–H and O–H groups in total. The average molecular weight is 468 g/mol. The largest absolute Gasteiger partial charge is 0.550 e. The molecule has 0 unspecified atom stereocenters. The molecule has 33 heavy (non-hydrogen) atoms. The molecule has 3 nitrogen and oxygen atoms in total. The molecule has 0 saturated carbocycles. The number of carboxylic acid groups (broad SMARTS) is 1. The third-order valence-corrected chi connectivity index (χ3v) is 7.04. The van der Waals surface area contributed by atoms with E-state index in [1.54, 1.807) is 0 Å². The molecule has 0 aromatic heterocycles. The summed E-state index contributed by atoms with van der Waals surface area (Å²) in [5.41, 5.74) is 0. The Labute approximate surface area is 207 Å². The van der Waals surface area contributed by atoms with E-state index in [4.69, 9.17) is 5.11 Å². The second-order valence-corrected chi connectivity index (χ2v) is 10.4. The minimum atomic E-state index is -0.902. The van der Waals surface area contributed by atoms with Crippen molar-refractivity contribution >= 4 is 5.97 Å². The maximum absolute atomic E-state index is 10.3. The first-order valence-electron chi connectivity index (χ1n) is 15.1. The average Bonchev–Trinajstić information content (AvgIpc) is 2.80. The SMILES string of the molecule is O=C([O-])CCCCCCCCCCCCCCCCCCCCCCCCCCCCCO. The van der Waals surface area contributed by atoms with E-state index in [1.807, 2.05) is 0 Å². The van der Waals surface area contributed by atoms with E-state index in [-0.39, 0.29) is 6.42 Å². The molecule has 0 aliphatic rings. The molecule has 0 bridgehead atoms. The van der Waals surface area contributed by atoms with Crippen LogP contribution in [0.15, 0.2) is 0 Å². The monoisotopic (exact) mass is 467 g/mol. The van der Waals surface area contributed by atoms with Crippen molar-refractivity contribution in [3.63, 3.8) is 0 Å². The van der Waals surface area contributed by atoms with Gasteiger partial charge in [-0.1, -0.05) is 161 Å². The van der Waals surface area contributed by atoms with Crippen LogP contribution in [0, 0.1) is 0 Å². The van der Waals surface area contributed by atoms with Gasteiger partial charge in [-0.2, -0.15) is 0 Å². The highest BCUT2D eigenvalue weighted by molar-refractivity contribution is 5.63. The number of unbranched alkanes of at least 4 members (excludes halogenated alkanes) is 26. The fraction of sp³-hybridized carbons (Fsp3) is 0.967. The number of rotatable bonds is 29. The molecule has 0 aromatic carbocycles. The number of aliphatic hydroxyl groups is 1. The summed E-state index contributed by atoms with van der Waals surface area (Å²) in [4.78, 5) is 10.3. The number of hydrogen-bond donors (Lipinski definition) is 1. The second-order valence-electron chi connectivity index (χ2n) is 10.4. The molecule has 0 aromatic rings. The molecule has 0 rings (SSSR count). The summed E-state index contributed by atoms with van der Waals surface area (Å²) in [6, 6.07) is 0. The highest BCUT2D eigenvalue weighted by atomic mass is 16.4. The van der Waals surface area contributed by atoms with Crippen molar-refractivity contribution in [2.45, 2.75) is 180 Å². The lowest BCUT2D eigenvalue weighted by atomic mass is 10.0. The Morgan fingerprint density at radius 2 is 0.545 bits per heavy atom. The Balaban J connectivity index is 3.01. The summed E-state index contributed by atoms with van der Waals surface area (Å²) in [5, 5.41) is 19.1. The van der Waals surface area contributed by atoms with Crippen LogP contribution in [-0.4, -0.2) is 17.7 Å². The van der Waals surface area contributed by atoms with Gasteiger partial charge in [0.05, 0.1) is 0 Å². The van der Waals surface area contributed by atoms with Crippen LogP contribution in [0.2, 0.25) is 0 Å². The van der Waals surface area contributed by atoms with Crippen LogP contribution >= 0.6 is 0 Å². The fourth-order valence-electron chi connectivity index (χ4n) is 4.80. The molecule has 198 valence electrons. The lowest BCUT2D eigenvalue weighted by molar-refractivity contribution is -0.305. The van der Waals surface area contributed by atoms with E-state index in [0.717, 1.165) is 19.3 Å². The topological polar surface area (TPSA) is 60.4 Å². The first-order chi connectivity index (χ1) is 16.3. The lowest BCUT2D eigenvalue weighted by Gasteiger charge is -2.05. The summed E-state index contributed by atoms with van der Waals surface area (Å²) in [7, 11) is 0. The summed E-state index contributed by atoms with van der Waals surface area (Å²) >= 11 is 0. The molecule has 0 atom stereocenters. The quantitative estimate of drug-likeness (QED) is 0.112. The van der Waals surface area contributed by atoms with Crippen LogP contribution in [0.3, 0.4) is 0 Å². The van der Waals surface area contributed by atoms with Crippen molar-refractivity contribution in [3.8, 4) is 0 Å². The summed E-state index contributed by atoms with van der Waals surface area (Å²) < 4.78 is 0. The Bertz CT molecular complexity index is 370. The molecule has 0 aliphatic carbocycles. The van der Waals surface area contributed by atoms with E-state index in [9.17, 15) is 9.90 Å². The maximum Gasteiger partial charge on any atom is 0.0431 e. The Kier molecular flexibility index (Phi) is 29.0. The van der Waals surface area contributed by atoms with Gasteiger partial charge in [0, 0.05) is 12.6 Å². The van der Waals surface area contributed by atoms with Crippen molar-refractivity contribution in [1.29, 1.82) is 0 Å². The van der Waals surface area contributed by atoms with Crippen molar-refractivity contribution in [1.82, 2.24) is 0 Å². The van der Waals surface area contributed by atoms with Gasteiger partial charge >= 0.3 is 0 Å². The lowest BCUT2D eigenvalue weighted by Crippen LogP contribution is -2.21. The molecule has 0 spiro atoms. The highest BCUT2D eigenvalue weighted by Gasteiger charge is 1.96. The van der Waals surface area contributed by atoms with E-state index in [0.29, 0.717) is 6.61 Å². The van der Waals surface area contributed by atoms with Crippen LogP contribution in [0.25, 0.3) is 0 Å². The van der Waals surface area contributed by atoms with Gasteiger partial charge in [-0.3, -0.25) is 0 Å². The van der Waals surface area contributed by atoms with Crippen LogP contribution in [0.4, 0.5) is 0 Å². The van der Waals surface area contributed by atoms with Crippen LogP contribution < -0.4 is 5.11 Å². The predicted molar refractivity (Wildman–Crippen MR) is 141 cm³/mol. The maximum atomic E-state index is 10.3. The smallest absolute Gasteiger partial charge is 0.0431 e. The molecule has 0 aliphatic heterocycles. The highest BCUT2D eigenvalue weighted by Crippen LogP contribution is 2.16. The Morgan fingerprint density at radius 3 is 0.727 bits per heavy atom. The standard InChI is InChI=1S/C30H60O3/c31-29-27-25-23-21-19-17-15-13-11-9-7-5-3-1-2-4-6-8-10-12-14-16-18-20-22-24-26-28-30(32)33/h31H,1-29H2,(H,32,33)/p-1. The van der Waals surface area contributed by atoms with E-state index < -0.39 is 5.97 Å². The molecular weight excluding hydrogens is 408 g/mol. The summed E-state index contributed by atoms with van der Waals surface area (Å²) in [5.74, 6) is -0.902. The molecular formula is C30H59O3-. The van der Waals surface area contributed by atoms with Gasteiger partial charge in [-0.15, -0.1) is 0 Å². The molecule has 0 radical (unpaired) electrons. The van der Waals surface area contributed by atoms with Crippen molar-refractivity contribution in [2.24, 2.45) is 0 Å². The molecule has 0 fully saturated rings. The number of carbonyl (C=O) groups excluding carboxylic acids is 1. The molecule has 0 saturated heterocycles. The van der Waals surface area contributed by atoms with Crippen LogP contribution in [-0.2, 0) is 4.79 Å². The van der Waals surface area contributed by atoms with Gasteiger partial charge < -0.3 is 15.0 Å². The molecule has 0 heterocycles. The minimum Gasteiger partial charge on any atom is -0.550 e. The zero-order valence-electron chi connectivity index (χ0n) is 22.3. The van der Waals surface area contributed by atoms with Gasteiger partial charge in [-0.05, 0) is 19.3 Å². The van der Waals surface area contributed by atoms with Gasteiger partial charge in [-0.25, -0.2) is 0 Å². The fourth-order valence-corrected chi connectivity index (χ4v) is 4.80. The first-order valence-corrected chi connectivity index (χ1v) is 15.1. The van der Waals surface area contributed by atoms with Crippen molar-refractivity contribution in [2.75, 3.05) is 6.61 Å². The van der Waals surface area contributed by atoms with Crippen LogP contribution in [0.1, 0.15) is 180 Å². The van der Waals surface area contributed by atoms with Gasteiger partial charge in [0.15, 0.2) is 0 Å². The zero-order chi connectivity index (χ0) is 24.1. The second kappa shape index (κ2) is 29.5. The van der Waals surface area contributed by atoms with Crippen molar-refractivity contribution < 1.29 is 15.0 Å². The molecule has 3 heteroatoms.